The lowest BCUT2D eigenvalue weighted by Crippen LogP contribution is -2.46. The Hall–Kier alpha value is -2.62. The second kappa shape index (κ2) is 4.20. The van der Waals surface area contributed by atoms with Gasteiger partial charge in [-0.1, -0.05) is 30.3 Å². The van der Waals surface area contributed by atoms with Crippen LogP contribution in [-0.2, 0) is 4.79 Å². The molecule has 2 aromatic heterocycles. The molecule has 3 heterocycles. The molecule has 1 aromatic carbocycles. The van der Waals surface area contributed by atoms with Gasteiger partial charge in [0, 0.05) is 30.3 Å². The molecule has 1 unspecified atom stereocenters. The van der Waals surface area contributed by atoms with Crippen LogP contribution in [0.3, 0.4) is 0 Å². The number of anilines is 1. The Labute approximate surface area is 116 Å². The predicted octanol–water partition coefficient (Wildman–Crippen LogP) is 2.81. The third-order valence-electron chi connectivity index (χ3n) is 3.79. The first-order valence-corrected chi connectivity index (χ1v) is 6.63. The van der Waals surface area contributed by atoms with Crippen LogP contribution in [0.5, 0.6) is 0 Å². The SMILES string of the molecule is O=C1CC(c2ccccc2)N1c1ccn2ccnc2c1. The van der Waals surface area contributed by atoms with Gasteiger partial charge < -0.3 is 9.30 Å². The van der Waals surface area contributed by atoms with Crippen molar-refractivity contribution in [1.29, 1.82) is 0 Å². The van der Waals surface area contributed by atoms with Crippen LogP contribution in [0.4, 0.5) is 5.69 Å². The smallest absolute Gasteiger partial charge is 0.230 e. The van der Waals surface area contributed by atoms with Crippen LogP contribution in [-0.4, -0.2) is 15.3 Å². The highest BCUT2D eigenvalue weighted by Crippen LogP contribution is 2.38. The van der Waals surface area contributed by atoms with E-state index in [-0.39, 0.29) is 11.9 Å². The topological polar surface area (TPSA) is 37.6 Å². The van der Waals surface area contributed by atoms with Crippen LogP contribution in [0.2, 0.25) is 0 Å². The summed E-state index contributed by atoms with van der Waals surface area (Å²) in [6.45, 7) is 0. The first-order valence-electron chi connectivity index (χ1n) is 6.63. The van der Waals surface area contributed by atoms with Crippen molar-refractivity contribution in [2.24, 2.45) is 0 Å². The van der Waals surface area contributed by atoms with Crippen molar-refractivity contribution in [3.8, 4) is 0 Å². The number of hydrogen-bond acceptors (Lipinski definition) is 2. The molecule has 4 heteroatoms. The third kappa shape index (κ3) is 1.61. The number of aromatic nitrogens is 2. The molecule has 4 rings (SSSR count). The molecule has 3 aromatic rings. The van der Waals surface area contributed by atoms with Crippen molar-refractivity contribution in [3.05, 3.63) is 66.6 Å². The molecule has 1 aliphatic rings. The molecule has 1 atom stereocenters. The van der Waals surface area contributed by atoms with Gasteiger partial charge in [-0.2, -0.15) is 0 Å². The maximum Gasteiger partial charge on any atom is 0.230 e. The highest BCUT2D eigenvalue weighted by atomic mass is 16.2. The molecule has 0 radical (unpaired) electrons. The first-order chi connectivity index (χ1) is 9.83. The molecule has 4 nitrogen and oxygen atoms in total. The Morgan fingerprint density at radius 1 is 1.10 bits per heavy atom. The summed E-state index contributed by atoms with van der Waals surface area (Å²) in [5.74, 6) is 0.162. The van der Waals surface area contributed by atoms with Gasteiger partial charge in [-0.3, -0.25) is 4.79 Å². The van der Waals surface area contributed by atoms with E-state index in [2.05, 4.69) is 17.1 Å². The summed E-state index contributed by atoms with van der Waals surface area (Å²) in [4.78, 5) is 18.1. The largest absolute Gasteiger partial charge is 0.307 e. The van der Waals surface area contributed by atoms with E-state index in [0.717, 1.165) is 11.3 Å². The average Bonchev–Trinajstić information content (AvgIpc) is 2.93. The fourth-order valence-corrected chi connectivity index (χ4v) is 2.73. The number of imidazole rings is 1. The lowest BCUT2D eigenvalue weighted by atomic mass is 9.93. The Morgan fingerprint density at radius 2 is 1.95 bits per heavy atom. The number of β-lactam (4-membered cyclic amide) rings is 1. The summed E-state index contributed by atoms with van der Waals surface area (Å²) in [6.07, 6.45) is 6.16. The highest BCUT2D eigenvalue weighted by molar-refractivity contribution is 6.01. The van der Waals surface area contributed by atoms with E-state index < -0.39 is 0 Å². The molecule has 0 bridgehead atoms. The van der Waals surface area contributed by atoms with Crippen LogP contribution in [0, 0.1) is 0 Å². The number of carbonyl (C=O) groups excluding carboxylic acids is 1. The molecular weight excluding hydrogens is 250 g/mol. The summed E-state index contributed by atoms with van der Waals surface area (Å²) in [5, 5.41) is 0. The van der Waals surface area contributed by atoms with Crippen molar-refractivity contribution >= 4 is 17.2 Å². The maximum atomic E-state index is 12.0. The van der Waals surface area contributed by atoms with E-state index in [1.165, 1.54) is 5.56 Å². The van der Waals surface area contributed by atoms with Crippen LogP contribution < -0.4 is 4.90 Å². The number of nitrogens with zero attached hydrogens (tertiary/aromatic N) is 3. The summed E-state index contributed by atoms with van der Waals surface area (Å²) in [6, 6.07) is 14.2. The van der Waals surface area contributed by atoms with Crippen molar-refractivity contribution in [2.75, 3.05) is 4.90 Å². The molecule has 0 N–H and O–H groups in total. The third-order valence-corrected chi connectivity index (χ3v) is 3.79. The van der Waals surface area contributed by atoms with Gasteiger partial charge in [0.25, 0.3) is 0 Å². The minimum absolute atomic E-state index is 0.140. The molecule has 1 saturated heterocycles. The van der Waals surface area contributed by atoms with E-state index in [1.54, 1.807) is 6.20 Å². The number of pyridine rings is 1. The molecule has 0 aliphatic carbocycles. The lowest BCUT2D eigenvalue weighted by molar-refractivity contribution is -0.124. The second-order valence-corrected chi connectivity index (χ2v) is 4.97. The Bertz CT molecular complexity index is 779. The number of fused-ring (bicyclic) bond motifs is 1. The van der Waals surface area contributed by atoms with Crippen molar-refractivity contribution in [1.82, 2.24) is 9.38 Å². The summed E-state index contributed by atoms with van der Waals surface area (Å²) in [5.41, 5.74) is 2.94. The van der Waals surface area contributed by atoms with Crippen LogP contribution in [0.1, 0.15) is 18.0 Å². The van der Waals surface area contributed by atoms with Crippen LogP contribution >= 0.6 is 0 Å². The lowest BCUT2D eigenvalue weighted by Gasteiger charge is -2.40. The van der Waals surface area contributed by atoms with Gasteiger partial charge in [-0.25, -0.2) is 4.98 Å². The van der Waals surface area contributed by atoms with Gasteiger partial charge >= 0.3 is 0 Å². The normalized spacial score (nSPS) is 18.3. The zero-order valence-corrected chi connectivity index (χ0v) is 10.8. The van der Waals surface area contributed by atoms with Gasteiger partial charge in [-0.05, 0) is 11.6 Å². The molecule has 1 amide bonds. The van der Waals surface area contributed by atoms with Gasteiger partial charge in [0.15, 0.2) is 0 Å². The summed E-state index contributed by atoms with van der Waals surface area (Å²) >= 11 is 0. The predicted molar refractivity (Wildman–Crippen MR) is 76.5 cm³/mol. The quantitative estimate of drug-likeness (QED) is 0.667. The minimum Gasteiger partial charge on any atom is -0.307 e. The molecule has 1 aliphatic heterocycles. The highest BCUT2D eigenvalue weighted by Gasteiger charge is 2.38. The first kappa shape index (κ1) is 11.2. The Balaban J connectivity index is 1.74. The van der Waals surface area contributed by atoms with Gasteiger partial charge in [0.1, 0.15) is 5.65 Å². The van der Waals surface area contributed by atoms with E-state index in [0.29, 0.717) is 6.42 Å². The maximum absolute atomic E-state index is 12.0. The molecular formula is C16H13N3O. The minimum atomic E-state index is 0.140. The van der Waals surface area contributed by atoms with Gasteiger partial charge in [0.2, 0.25) is 5.91 Å². The number of benzene rings is 1. The van der Waals surface area contributed by atoms with E-state index in [4.69, 9.17) is 0 Å². The molecule has 98 valence electrons. The summed E-state index contributed by atoms with van der Waals surface area (Å²) < 4.78 is 1.94. The molecule has 20 heavy (non-hydrogen) atoms. The number of amides is 1. The zero-order chi connectivity index (χ0) is 13.5. The van der Waals surface area contributed by atoms with E-state index in [9.17, 15) is 4.79 Å². The summed E-state index contributed by atoms with van der Waals surface area (Å²) in [7, 11) is 0. The van der Waals surface area contributed by atoms with E-state index >= 15 is 0 Å². The van der Waals surface area contributed by atoms with Crippen LogP contribution in [0.15, 0.2) is 61.1 Å². The monoisotopic (exact) mass is 263 g/mol. The Kier molecular flexibility index (Phi) is 2.36. The molecule has 0 saturated carbocycles. The Morgan fingerprint density at radius 3 is 2.75 bits per heavy atom. The number of rotatable bonds is 2. The van der Waals surface area contributed by atoms with E-state index in [1.807, 2.05) is 52.0 Å². The molecule has 1 fully saturated rings. The molecule has 0 spiro atoms. The van der Waals surface area contributed by atoms with Crippen molar-refractivity contribution in [3.63, 3.8) is 0 Å². The fourth-order valence-electron chi connectivity index (χ4n) is 2.73. The van der Waals surface area contributed by atoms with Gasteiger partial charge in [0.05, 0.1) is 12.5 Å². The standard InChI is InChI=1S/C16H13N3O/c20-16-11-14(12-4-2-1-3-5-12)19(16)13-6-8-18-9-7-17-15(18)10-13/h1-10,14H,11H2. The zero-order valence-electron chi connectivity index (χ0n) is 10.8. The van der Waals surface area contributed by atoms with Crippen molar-refractivity contribution in [2.45, 2.75) is 12.5 Å². The van der Waals surface area contributed by atoms with Gasteiger partial charge in [-0.15, -0.1) is 0 Å². The average molecular weight is 263 g/mol. The van der Waals surface area contributed by atoms with Crippen molar-refractivity contribution < 1.29 is 4.79 Å². The number of carbonyl (C=O) groups is 1. The van der Waals surface area contributed by atoms with Crippen LogP contribution in [0.25, 0.3) is 5.65 Å². The second-order valence-electron chi connectivity index (χ2n) is 4.97. The number of hydrogen-bond donors (Lipinski definition) is 0. The fraction of sp³-hybridized carbons (Fsp3) is 0.125.